The molecular weight excluding hydrogens is 434 g/mol. The molecule has 0 saturated carbocycles. The summed E-state index contributed by atoms with van der Waals surface area (Å²) in [7, 11) is -2.30. The number of sulfonamides is 1. The lowest BCUT2D eigenvalue weighted by Crippen LogP contribution is -2.46. The first-order valence-corrected chi connectivity index (χ1v) is 12.0. The Kier molecular flexibility index (Phi) is 5.11. The molecule has 2 aromatic heterocycles. The molecule has 1 aliphatic heterocycles. The second-order valence-corrected chi connectivity index (χ2v) is 10.7. The average Bonchev–Trinajstić information content (AvgIpc) is 3.24. The molecular formula is C21H23N5O3S2. The van der Waals surface area contributed by atoms with Crippen molar-refractivity contribution in [3.63, 3.8) is 0 Å². The Morgan fingerprint density at radius 2 is 2.00 bits per heavy atom. The van der Waals surface area contributed by atoms with Crippen molar-refractivity contribution in [3.8, 4) is 11.3 Å². The third kappa shape index (κ3) is 3.71. The van der Waals surface area contributed by atoms with Crippen LogP contribution in [0, 0.1) is 6.92 Å². The molecule has 162 valence electrons. The van der Waals surface area contributed by atoms with Gasteiger partial charge in [0.05, 0.1) is 16.9 Å². The fourth-order valence-electron chi connectivity index (χ4n) is 3.87. The molecule has 3 aromatic rings. The second kappa shape index (κ2) is 7.40. The summed E-state index contributed by atoms with van der Waals surface area (Å²) < 4.78 is 23.5. The highest BCUT2D eigenvalue weighted by atomic mass is 32.2. The summed E-state index contributed by atoms with van der Waals surface area (Å²) in [6, 6.07) is 11.6. The van der Waals surface area contributed by atoms with Crippen LogP contribution in [0.1, 0.15) is 30.7 Å². The van der Waals surface area contributed by atoms with E-state index in [0.29, 0.717) is 6.54 Å². The van der Waals surface area contributed by atoms with E-state index in [1.165, 1.54) is 4.90 Å². The second-order valence-electron chi connectivity index (χ2n) is 7.99. The van der Waals surface area contributed by atoms with Crippen LogP contribution in [0.15, 0.2) is 46.8 Å². The Hall–Kier alpha value is -2.82. The third-order valence-electron chi connectivity index (χ3n) is 5.53. The van der Waals surface area contributed by atoms with Crippen molar-refractivity contribution in [3.05, 3.63) is 59.4 Å². The number of carbonyl (C=O) groups is 1. The lowest BCUT2D eigenvalue weighted by atomic mass is 9.92. The summed E-state index contributed by atoms with van der Waals surface area (Å²) >= 11 is 0.891. The standard InChI is InChI=1S/C21H23N5O3S2/c1-13-18(31(22,28)29)30-19(24-13)25(4)20(27)26-12-15-11-14(17-7-5-6-10-23-17)8-9-16(15)21(26,2)3/h5-11H,12H2,1-4H3,(H2,22,28,29). The van der Waals surface area contributed by atoms with Crippen LogP contribution >= 0.6 is 11.3 Å². The number of hydrogen-bond acceptors (Lipinski definition) is 6. The number of pyridine rings is 1. The van der Waals surface area contributed by atoms with E-state index in [1.807, 2.05) is 44.2 Å². The van der Waals surface area contributed by atoms with E-state index in [0.717, 1.165) is 33.7 Å². The smallest absolute Gasteiger partial charge is 0.311 e. The van der Waals surface area contributed by atoms with Crippen LogP contribution in [0.25, 0.3) is 11.3 Å². The minimum absolute atomic E-state index is 0.0360. The number of urea groups is 1. The van der Waals surface area contributed by atoms with Gasteiger partial charge in [0.1, 0.15) is 0 Å². The number of thiazole rings is 1. The summed E-state index contributed by atoms with van der Waals surface area (Å²) in [4.78, 5) is 25.2. The van der Waals surface area contributed by atoms with Crippen molar-refractivity contribution in [2.75, 3.05) is 11.9 Å². The summed E-state index contributed by atoms with van der Waals surface area (Å²) in [6.07, 6.45) is 1.75. The van der Waals surface area contributed by atoms with Crippen LogP contribution in [0.2, 0.25) is 0 Å². The van der Waals surface area contributed by atoms with Crippen molar-refractivity contribution >= 4 is 32.5 Å². The Balaban J connectivity index is 1.64. The van der Waals surface area contributed by atoms with E-state index in [2.05, 4.69) is 16.0 Å². The van der Waals surface area contributed by atoms with Crippen LogP contribution in [-0.4, -0.2) is 36.4 Å². The van der Waals surface area contributed by atoms with E-state index >= 15 is 0 Å². The van der Waals surface area contributed by atoms with Gasteiger partial charge in [0.2, 0.25) is 10.0 Å². The fourth-order valence-corrected chi connectivity index (χ4v) is 5.78. The van der Waals surface area contributed by atoms with Crippen molar-refractivity contribution in [2.24, 2.45) is 5.14 Å². The SMILES string of the molecule is Cc1nc(N(C)C(=O)N2Cc3cc(-c4ccccn4)ccc3C2(C)C)sc1S(N)(=O)=O. The Morgan fingerprint density at radius 1 is 1.26 bits per heavy atom. The summed E-state index contributed by atoms with van der Waals surface area (Å²) in [5.74, 6) is 0. The first kappa shape index (κ1) is 21.4. The van der Waals surface area contributed by atoms with Crippen LogP contribution < -0.4 is 10.0 Å². The maximum Gasteiger partial charge on any atom is 0.327 e. The zero-order valence-electron chi connectivity index (χ0n) is 17.7. The zero-order chi connectivity index (χ0) is 22.6. The van der Waals surface area contributed by atoms with Crippen molar-refractivity contribution < 1.29 is 13.2 Å². The molecule has 2 N–H and O–H groups in total. The maximum absolute atomic E-state index is 13.4. The number of nitrogens with two attached hydrogens (primary N) is 1. The highest BCUT2D eigenvalue weighted by Crippen LogP contribution is 2.41. The number of primary sulfonamides is 1. The maximum atomic E-state index is 13.4. The Morgan fingerprint density at radius 3 is 2.61 bits per heavy atom. The molecule has 0 spiro atoms. The topological polar surface area (TPSA) is 109 Å². The van der Waals surface area contributed by atoms with Crippen molar-refractivity contribution in [2.45, 2.75) is 37.1 Å². The number of amides is 2. The Labute approximate surface area is 185 Å². The van der Waals surface area contributed by atoms with Gasteiger partial charge in [-0.15, -0.1) is 0 Å². The fraction of sp³-hybridized carbons (Fsp3) is 0.286. The van der Waals surface area contributed by atoms with Gasteiger partial charge in [0, 0.05) is 25.4 Å². The molecule has 10 heteroatoms. The van der Waals surface area contributed by atoms with E-state index in [-0.39, 0.29) is 21.1 Å². The zero-order valence-corrected chi connectivity index (χ0v) is 19.3. The van der Waals surface area contributed by atoms with Crippen LogP contribution in [0.5, 0.6) is 0 Å². The summed E-state index contributed by atoms with van der Waals surface area (Å²) in [5, 5.41) is 5.54. The number of aromatic nitrogens is 2. The molecule has 31 heavy (non-hydrogen) atoms. The predicted molar refractivity (Wildman–Crippen MR) is 120 cm³/mol. The monoisotopic (exact) mass is 457 g/mol. The minimum atomic E-state index is -3.89. The highest BCUT2D eigenvalue weighted by Gasteiger charge is 2.42. The van der Waals surface area contributed by atoms with Crippen LogP contribution in [0.3, 0.4) is 0 Å². The van der Waals surface area contributed by atoms with Gasteiger partial charge in [-0.3, -0.25) is 9.88 Å². The predicted octanol–water partition coefficient (Wildman–Crippen LogP) is 3.47. The molecule has 8 nitrogen and oxygen atoms in total. The first-order valence-electron chi connectivity index (χ1n) is 9.60. The quantitative estimate of drug-likeness (QED) is 0.648. The molecule has 0 fully saturated rings. The molecule has 2 amide bonds. The summed E-state index contributed by atoms with van der Waals surface area (Å²) in [5.41, 5.74) is 3.72. The van der Waals surface area contributed by atoms with Gasteiger partial charge >= 0.3 is 6.03 Å². The first-order chi connectivity index (χ1) is 14.5. The number of carbonyl (C=O) groups excluding carboxylic acids is 1. The highest BCUT2D eigenvalue weighted by molar-refractivity contribution is 7.91. The lowest BCUT2D eigenvalue weighted by Gasteiger charge is -2.34. The van der Waals surface area contributed by atoms with Gasteiger partial charge in [-0.1, -0.05) is 29.5 Å². The van der Waals surface area contributed by atoms with Gasteiger partial charge in [-0.2, -0.15) is 0 Å². The van der Waals surface area contributed by atoms with Crippen LogP contribution in [-0.2, 0) is 22.1 Å². The molecule has 0 bridgehead atoms. The van der Waals surface area contributed by atoms with Crippen molar-refractivity contribution in [1.29, 1.82) is 0 Å². The summed E-state index contributed by atoms with van der Waals surface area (Å²) in [6.45, 7) is 5.98. The van der Waals surface area contributed by atoms with Gasteiger partial charge in [-0.05, 0) is 50.1 Å². The minimum Gasteiger partial charge on any atom is -0.311 e. The molecule has 0 atom stereocenters. The number of aryl methyl sites for hydroxylation is 1. The van der Waals surface area contributed by atoms with Crippen LogP contribution in [0.4, 0.5) is 9.93 Å². The number of hydrogen-bond donors (Lipinski definition) is 1. The molecule has 1 aromatic carbocycles. The number of rotatable bonds is 3. The van der Waals surface area contributed by atoms with Gasteiger partial charge in [-0.25, -0.2) is 23.3 Å². The van der Waals surface area contributed by atoms with Crippen molar-refractivity contribution in [1.82, 2.24) is 14.9 Å². The molecule has 0 aliphatic carbocycles. The molecule has 3 heterocycles. The molecule has 4 rings (SSSR count). The molecule has 0 saturated heterocycles. The normalized spacial score (nSPS) is 15.1. The van der Waals surface area contributed by atoms with E-state index in [9.17, 15) is 13.2 Å². The van der Waals surface area contributed by atoms with E-state index < -0.39 is 15.6 Å². The van der Waals surface area contributed by atoms with Gasteiger partial charge in [0.25, 0.3) is 0 Å². The third-order valence-corrected chi connectivity index (χ3v) is 8.32. The number of nitrogens with zero attached hydrogens (tertiary/aromatic N) is 4. The molecule has 1 aliphatic rings. The average molecular weight is 458 g/mol. The number of benzene rings is 1. The number of anilines is 1. The van der Waals surface area contributed by atoms with E-state index in [1.54, 1.807) is 25.1 Å². The number of fused-ring (bicyclic) bond motifs is 1. The van der Waals surface area contributed by atoms with Gasteiger partial charge in [0.15, 0.2) is 9.34 Å². The largest absolute Gasteiger partial charge is 0.327 e. The Bertz CT molecular complexity index is 1270. The van der Waals surface area contributed by atoms with E-state index in [4.69, 9.17) is 5.14 Å². The lowest BCUT2D eigenvalue weighted by molar-refractivity contribution is 0.152. The van der Waals surface area contributed by atoms with Gasteiger partial charge < -0.3 is 4.90 Å². The molecule has 0 radical (unpaired) electrons. The molecule has 0 unspecified atom stereocenters.